The Labute approximate surface area is 180 Å². The van der Waals surface area contributed by atoms with E-state index in [2.05, 4.69) is 21.3 Å². The number of methoxy groups -OCH3 is 1. The summed E-state index contributed by atoms with van der Waals surface area (Å²) in [6, 6.07) is 14.2. The zero-order chi connectivity index (χ0) is 21.8. The molecule has 0 atom stereocenters. The average molecular weight is 418 g/mol. The van der Waals surface area contributed by atoms with Crippen LogP contribution in [0.3, 0.4) is 0 Å². The minimum absolute atomic E-state index is 0.0219. The summed E-state index contributed by atoms with van der Waals surface area (Å²) in [5, 5.41) is 13.2. The van der Waals surface area contributed by atoms with Crippen LogP contribution in [0.15, 0.2) is 48.7 Å². The number of rotatable bonds is 5. The zero-order valence-electron chi connectivity index (χ0n) is 17.3. The number of nitrogens with one attached hydrogen (secondary N) is 1. The number of hydrogen-bond donors (Lipinski definition) is 1. The molecule has 1 saturated heterocycles. The van der Waals surface area contributed by atoms with Gasteiger partial charge in [-0.25, -0.2) is 4.39 Å². The summed E-state index contributed by atoms with van der Waals surface area (Å²) in [7, 11) is 1.61. The molecule has 31 heavy (non-hydrogen) atoms. The molecule has 1 N–H and O–H groups in total. The van der Waals surface area contributed by atoms with E-state index in [1.54, 1.807) is 13.2 Å². The van der Waals surface area contributed by atoms with E-state index >= 15 is 0 Å². The molecule has 1 aliphatic rings. The molecule has 2 heterocycles. The first-order chi connectivity index (χ1) is 15.1. The van der Waals surface area contributed by atoms with Crippen LogP contribution in [0.25, 0.3) is 10.9 Å². The number of carbonyl (C=O) groups is 1. The van der Waals surface area contributed by atoms with Gasteiger partial charge in [0.1, 0.15) is 17.6 Å². The molecule has 1 fully saturated rings. The summed E-state index contributed by atoms with van der Waals surface area (Å²) < 4.78 is 19.1. The molecule has 158 valence electrons. The third-order valence-corrected chi connectivity index (χ3v) is 5.70. The molecule has 0 unspecified atom stereocenters. The third kappa shape index (κ3) is 4.43. The van der Waals surface area contributed by atoms with Gasteiger partial charge in [0.2, 0.25) is 5.91 Å². The monoisotopic (exact) mass is 418 g/mol. The number of nitrogens with zero attached hydrogens (tertiary/aromatic N) is 3. The smallest absolute Gasteiger partial charge is 0.223 e. The number of carbonyl (C=O) groups excluding carboxylic acids is 1. The van der Waals surface area contributed by atoms with E-state index in [9.17, 15) is 14.4 Å². The van der Waals surface area contributed by atoms with E-state index in [1.807, 2.05) is 24.3 Å². The van der Waals surface area contributed by atoms with E-state index < -0.39 is 0 Å². The van der Waals surface area contributed by atoms with Gasteiger partial charge < -0.3 is 15.0 Å². The van der Waals surface area contributed by atoms with Crippen molar-refractivity contribution in [2.75, 3.05) is 25.1 Å². The first-order valence-corrected chi connectivity index (χ1v) is 10.2. The predicted octanol–water partition coefficient (Wildman–Crippen LogP) is 3.79. The number of nitriles is 1. The quantitative estimate of drug-likeness (QED) is 0.682. The van der Waals surface area contributed by atoms with Crippen LogP contribution in [-0.4, -0.2) is 31.1 Å². The maximum atomic E-state index is 13.9. The minimum Gasteiger partial charge on any atom is -0.497 e. The predicted molar refractivity (Wildman–Crippen MR) is 116 cm³/mol. The lowest BCUT2D eigenvalue weighted by molar-refractivity contribution is -0.125. The zero-order valence-corrected chi connectivity index (χ0v) is 17.3. The third-order valence-electron chi connectivity index (χ3n) is 5.70. The van der Waals surface area contributed by atoms with Crippen molar-refractivity contribution in [1.29, 1.82) is 5.26 Å². The molecule has 1 aromatic heterocycles. The van der Waals surface area contributed by atoms with Crippen molar-refractivity contribution in [3.8, 4) is 11.8 Å². The fraction of sp³-hybridized carbons (Fsp3) is 0.292. The van der Waals surface area contributed by atoms with Gasteiger partial charge in [0.25, 0.3) is 0 Å². The van der Waals surface area contributed by atoms with Crippen molar-refractivity contribution in [2.45, 2.75) is 19.4 Å². The minimum atomic E-state index is -0.363. The van der Waals surface area contributed by atoms with Gasteiger partial charge in [0.15, 0.2) is 0 Å². The lowest BCUT2D eigenvalue weighted by Gasteiger charge is -2.34. The van der Waals surface area contributed by atoms with Crippen molar-refractivity contribution in [3.05, 3.63) is 65.6 Å². The molecule has 3 aromatic rings. The normalized spacial score (nSPS) is 14.3. The molecule has 6 nitrogen and oxygen atoms in total. The van der Waals surface area contributed by atoms with Crippen molar-refractivity contribution >= 4 is 22.5 Å². The summed E-state index contributed by atoms with van der Waals surface area (Å²) in [4.78, 5) is 19.0. The number of aromatic nitrogens is 1. The largest absolute Gasteiger partial charge is 0.497 e. The molecule has 0 aliphatic carbocycles. The Bertz CT molecular complexity index is 1150. The lowest BCUT2D eigenvalue weighted by Crippen LogP contribution is -2.40. The van der Waals surface area contributed by atoms with E-state index in [1.165, 1.54) is 18.3 Å². The molecular formula is C24H23FN4O2. The van der Waals surface area contributed by atoms with Crippen LogP contribution in [-0.2, 0) is 11.3 Å². The van der Waals surface area contributed by atoms with Gasteiger partial charge in [-0.2, -0.15) is 5.26 Å². The van der Waals surface area contributed by atoms with E-state index in [0.717, 1.165) is 11.3 Å². The SMILES string of the molecule is COc1cccc(CNC(=O)C2CCN(c3c(C#N)cnc4ccc(F)cc34)CC2)c1. The summed E-state index contributed by atoms with van der Waals surface area (Å²) in [5.41, 5.74) is 2.74. The van der Waals surface area contributed by atoms with Gasteiger partial charge in [-0.3, -0.25) is 9.78 Å². The van der Waals surface area contributed by atoms with E-state index in [0.29, 0.717) is 54.6 Å². The number of piperidine rings is 1. The summed E-state index contributed by atoms with van der Waals surface area (Å²) in [6.07, 6.45) is 2.85. The molecular weight excluding hydrogens is 395 g/mol. The fourth-order valence-corrected chi connectivity index (χ4v) is 4.05. The Hall–Kier alpha value is -3.66. The molecule has 0 radical (unpaired) electrons. The van der Waals surface area contributed by atoms with E-state index in [4.69, 9.17) is 4.74 Å². The molecule has 0 bridgehead atoms. The Kier molecular flexibility index (Phi) is 5.99. The standard InChI is InChI=1S/C24H23FN4O2/c1-31-20-4-2-3-16(11-20)14-28-24(30)17-7-9-29(10-8-17)23-18(13-26)15-27-22-6-5-19(25)12-21(22)23/h2-6,11-12,15,17H,7-10,14H2,1H3,(H,28,30). The Morgan fingerprint density at radius 1 is 1.29 bits per heavy atom. The number of pyridine rings is 1. The Morgan fingerprint density at radius 3 is 2.84 bits per heavy atom. The van der Waals surface area contributed by atoms with Crippen LogP contribution in [0.2, 0.25) is 0 Å². The second-order valence-electron chi connectivity index (χ2n) is 7.62. The van der Waals surface area contributed by atoms with Crippen molar-refractivity contribution < 1.29 is 13.9 Å². The van der Waals surface area contributed by atoms with Crippen molar-refractivity contribution in [3.63, 3.8) is 0 Å². The fourth-order valence-electron chi connectivity index (χ4n) is 4.05. The van der Waals surface area contributed by atoms with Gasteiger partial charge in [-0.05, 0) is 48.7 Å². The van der Waals surface area contributed by atoms with Gasteiger partial charge in [0, 0.05) is 37.1 Å². The average Bonchev–Trinajstić information content (AvgIpc) is 2.82. The number of hydrogen-bond acceptors (Lipinski definition) is 5. The van der Waals surface area contributed by atoms with Crippen molar-refractivity contribution in [1.82, 2.24) is 10.3 Å². The summed E-state index contributed by atoms with van der Waals surface area (Å²) in [6.45, 7) is 1.67. The molecule has 7 heteroatoms. The first kappa shape index (κ1) is 20.6. The van der Waals surface area contributed by atoms with Crippen LogP contribution in [0.5, 0.6) is 5.75 Å². The number of benzene rings is 2. The molecule has 2 aromatic carbocycles. The van der Waals surface area contributed by atoms with Crippen LogP contribution < -0.4 is 15.0 Å². The van der Waals surface area contributed by atoms with Crippen LogP contribution >= 0.6 is 0 Å². The second kappa shape index (κ2) is 9.00. The Morgan fingerprint density at radius 2 is 2.10 bits per heavy atom. The van der Waals surface area contributed by atoms with Gasteiger partial charge in [-0.1, -0.05) is 12.1 Å². The van der Waals surface area contributed by atoms with Crippen molar-refractivity contribution in [2.24, 2.45) is 5.92 Å². The van der Waals surface area contributed by atoms with Gasteiger partial charge >= 0.3 is 0 Å². The maximum Gasteiger partial charge on any atom is 0.223 e. The second-order valence-corrected chi connectivity index (χ2v) is 7.62. The maximum absolute atomic E-state index is 13.9. The topological polar surface area (TPSA) is 78.2 Å². The summed E-state index contributed by atoms with van der Waals surface area (Å²) >= 11 is 0. The number of fused-ring (bicyclic) bond motifs is 1. The van der Waals surface area contributed by atoms with Gasteiger partial charge in [-0.15, -0.1) is 0 Å². The first-order valence-electron chi connectivity index (χ1n) is 10.2. The number of ether oxygens (including phenoxy) is 1. The summed E-state index contributed by atoms with van der Waals surface area (Å²) in [5.74, 6) is 0.317. The highest BCUT2D eigenvalue weighted by molar-refractivity contribution is 5.94. The van der Waals surface area contributed by atoms with Crippen LogP contribution in [0, 0.1) is 23.1 Å². The van der Waals surface area contributed by atoms with E-state index in [-0.39, 0.29) is 17.6 Å². The number of halogens is 1. The molecule has 0 saturated carbocycles. The highest BCUT2D eigenvalue weighted by atomic mass is 19.1. The number of amides is 1. The lowest BCUT2D eigenvalue weighted by atomic mass is 9.94. The highest BCUT2D eigenvalue weighted by Crippen LogP contribution is 2.33. The van der Waals surface area contributed by atoms with Crippen LogP contribution in [0.1, 0.15) is 24.0 Å². The highest BCUT2D eigenvalue weighted by Gasteiger charge is 2.27. The molecule has 0 spiro atoms. The van der Waals surface area contributed by atoms with Crippen LogP contribution in [0.4, 0.5) is 10.1 Å². The molecule has 1 aliphatic heterocycles. The molecule has 1 amide bonds. The Balaban J connectivity index is 1.43. The number of anilines is 1. The van der Waals surface area contributed by atoms with Gasteiger partial charge in [0.05, 0.1) is 23.9 Å². The molecule has 4 rings (SSSR count).